The Labute approximate surface area is 144 Å². The van der Waals surface area contributed by atoms with Crippen molar-refractivity contribution in [3.05, 3.63) is 41.3 Å². The van der Waals surface area contributed by atoms with Crippen molar-refractivity contribution in [3.63, 3.8) is 0 Å². The van der Waals surface area contributed by atoms with Gasteiger partial charge in [0.15, 0.2) is 0 Å². The van der Waals surface area contributed by atoms with E-state index >= 15 is 0 Å². The number of nitrogen functional groups attached to an aromatic ring is 1. The standard InChI is InChI=1S/C17H20N2O2S2/c18-13-5-3-4-12(10-13)14-6-7-15(23-14)17(11-16(20)19-21)8-1-2-9-22-17/h3-7,10,21H,1-2,8-9,11,18H2,(H,19,20)/t17-/m0/s1. The number of carbonyl (C=O) groups excluding carboxylic acids is 1. The fourth-order valence-electron chi connectivity index (χ4n) is 3.00. The Balaban J connectivity index is 1.93. The highest BCUT2D eigenvalue weighted by Crippen LogP contribution is 2.50. The molecule has 1 aromatic carbocycles. The lowest BCUT2D eigenvalue weighted by Crippen LogP contribution is -2.32. The minimum absolute atomic E-state index is 0.228. The van der Waals surface area contributed by atoms with Crippen LogP contribution in [0, 0.1) is 0 Å². The molecule has 6 heteroatoms. The van der Waals surface area contributed by atoms with Gasteiger partial charge in [-0.2, -0.15) is 0 Å². The summed E-state index contributed by atoms with van der Waals surface area (Å²) in [4.78, 5) is 14.1. The van der Waals surface area contributed by atoms with E-state index in [1.165, 1.54) is 11.3 Å². The van der Waals surface area contributed by atoms with Gasteiger partial charge in [0.2, 0.25) is 5.91 Å². The van der Waals surface area contributed by atoms with Crippen LogP contribution in [-0.4, -0.2) is 16.9 Å². The Hall–Kier alpha value is -1.50. The normalized spacial score (nSPS) is 21.1. The van der Waals surface area contributed by atoms with E-state index in [4.69, 9.17) is 10.9 Å². The third kappa shape index (κ3) is 3.54. The first-order valence-corrected chi connectivity index (χ1v) is 9.46. The van der Waals surface area contributed by atoms with Crippen LogP contribution in [0.1, 0.15) is 30.6 Å². The smallest absolute Gasteiger partial charge is 0.245 e. The molecule has 1 atom stereocenters. The first kappa shape index (κ1) is 16.4. The molecule has 122 valence electrons. The first-order valence-electron chi connectivity index (χ1n) is 7.66. The molecule has 0 bridgehead atoms. The SMILES string of the molecule is Nc1cccc(-c2ccc([C@@]3(CC(=O)NO)CCCCS3)s2)c1. The number of rotatable bonds is 4. The van der Waals surface area contributed by atoms with E-state index in [1.54, 1.807) is 16.8 Å². The van der Waals surface area contributed by atoms with Crippen molar-refractivity contribution in [1.82, 2.24) is 5.48 Å². The van der Waals surface area contributed by atoms with Crippen molar-refractivity contribution >= 4 is 34.7 Å². The van der Waals surface area contributed by atoms with Gasteiger partial charge in [-0.15, -0.1) is 23.1 Å². The molecule has 1 fully saturated rings. The maximum absolute atomic E-state index is 11.8. The summed E-state index contributed by atoms with van der Waals surface area (Å²) < 4.78 is -0.228. The summed E-state index contributed by atoms with van der Waals surface area (Å²) in [6, 6.07) is 12.1. The van der Waals surface area contributed by atoms with Crippen LogP contribution in [-0.2, 0) is 9.54 Å². The maximum atomic E-state index is 11.8. The largest absolute Gasteiger partial charge is 0.399 e. The number of amides is 1. The molecule has 2 heterocycles. The topological polar surface area (TPSA) is 75.4 Å². The predicted octanol–water partition coefficient (Wildman–Crippen LogP) is 4.01. The van der Waals surface area contributed by atoms with Gasteiger partial charge in [-0.1, -0.05) is 18.6 Å². The molecule has 1 amide bonds. The number of thiophene rings is 1. The summed E-state index contributed by atoms with van der Waals surface area (Å²) >= 11 is 3.55. The van der Waals surface area contributed by atoms with Crippen LogP contribution in [0.25, 0.3) is 10.4 Å². The molecule has 1 aliphatic rings. The van der Waals surface area contributed by atoms with Gasteiger partial charge >= 0.3 is 0 Å². The first-order chi connectivity index (χ1) is 11.1. The third-order valence-electron chi connectivity index (χ3n) is 4.15. The van der Waals surface area contributed by atoms with E-state index in [9.17, 15) is 4.79 Å². The lowest BCUT2D eigenvalue weighted by Gasteiger charge is -2.35. The number of nitrogens with two attached hydrogens (primary N) is 1. The lowest BCUT2D eigenvalue weighted by molar-refractivity contribution is -0.129. The van der Waals surface area contributed by atoms with Gasteiger partial charge in [0.1, 0.15) is 0 Å². The van der Waals surface area contributed by atoms with Crippen molar-refractivity contribution in [3.8, 4) is 10.4 Å². The van der Waals surface area contributed by atoms with Crippen LogP contribution >= 0.6 is 23.1 Å². The summed E-state index contributed by atoms with van der Waals surface area (Å²) in [5, 5.41) is 8.92. The van der Waals surface area contributed by atoms with Gasteiger partial charge in [0.25, 0.3) is 0 Å². The summed E-state index contributed by atoms with van der Waals surface area (Å²) in [5.41, 5.74) is 9.51. The van der Waals surface area contributed by atoms with E-state index in [1.807, 2.05) is 36.0 Å². The second kappa shape index (κ2) is 6.95. The molecule has 2 aromatic rings. The Morgan fingerprint density at radius 2 is 2.17 bits per heavy atom. The van der Waals surface area contributed by atoms with Crippen molar-refractivity contribution in [2.45, 2.75) is 30.4 Å². The van der Waals surface area contributed by atoms with Crippen molar-refractivity contribution in [2.24, 2.45) is 0 Å². The van der Waals surface area contributed by atoms with Gasteiger partial charge in [-0.3, -0.25) is 10.0 Å². The highest BCUT2D eigenvalue weighted by molar-refractivity contribution is 8.00. The van der Waals surface area contributed by atoms with Crippen LogP contribution in [0.2, 0.25) is 0 Å². The number of anilines is 1. The average molecular weight is 348 g/mol. The average Bonchev–Trinajstić information content (AvgIpc) is 3.06. The summed E-state index contributed by atoms with van der Waals surface area (Å²) in [5.74, 6) is 0.725. The van der Waals surface area contributed by atoms with Crippen LogP contribution < -0.4 is 11.2 Å². The molecule has 0 spiro atoms. The second-order valence-corrected chi connectivity index (χ2v) is 8.36. The molecule has 23 heavy (non-hydrogen) atoms. The fraction of sp³-hybridized carbons (Fsp3) is 0.353. The molecular weight excluding hydrogens is 328 g/mol. The molecule has 1 saturated heterocycles. The molecule has 4 N–H and O–H groups in total. The molecule has 0 saturated carbocycles. The molecule has 1 aliphatic heterocycles. The van der Waals surface area contributed by atoms with E-state index in [0.29, 0.717) is 6.42 Å². The minimum Gasteiger partial charge on any atom is -0.399 e. The highest BCUT2D eigenvalue weighted by atomic mass is 32.2. The molecule has 3 rings (SSSR count). The van der Waals surface area contributed by atoms with E-state index in [-0.39, 0.29) is 10.7 Å². The molecular formula is C17H20N2O2S2. The van der Waals surface area contributed by atoms with Gasteiger partial charge < -0.3 is 5.73 Å². The van der Waals surface area contributed by atoms with Gasteiger partial charge in [-0.25, -0.2) is 5.48 Å². The number of nitrogens with one attached hydrogen (secondary N) is 1. The molecule has 1 aromatic heterocycles. The third-order valence-corrected chi connectivity index (χ3v) is 7.23. The van der Waals surface area contributed by atoms with Crippen LogP contribution in [0.4, 0.5) is 5.69 Å². The number of benzene rings is 1. The minimum atomic E-state index is -0.321. The zero-order valence-electron chi connectivity index (χ0n) is 12.7. The quantitative estimate of drug-likeness (QED) is 0.443. The summed E-state index contributed by atoms with van der Waals surface area (Å²) in [6.07, 6.45) is 3.56. The number of hydrogen-bond donors (Lipinski definition) is 3. The highest BCUT2D eigenvalue weighted by Gasteiger charge is 2.38. The van der Waals surface area contributed by atoms with Crippen LogP contribution in [0.5, 0.6) is 0 Å². The van der Waals surface area contributed by atoms with Gasteiger partial charge in [-0.05, 0) is 48.4 Å². The molecule has 0 unspecified atom stereocenters. The predicted molar refractivity (Wildman–Crippen MR) is 96.7 cm³/mol. The van der Waals surface area contributed by atoms with Gasteiger partial charge in [0, 0.05) is 21.9 Å². The van der Waals surface area contributed by atoms with Crippen LogP contribution in [0.15, 0.2) is 36.4 Å². The monoisotopic (exact) mass is 348 g/mol. The molecule has 4 nitrogen and oxygen atoms in total. The van der Waals surface area contributed by atoms with Gasteiger partial charge in [0.05, 0.1) is 4.75 Å². The zero-order valence-corrected chi connectivity index (χ0v) is 14.4. The Kier molecular flexibility index (Phi) is 4.94. The van der Waals surface area contributed by atoms with Crippen molar-refractivity contribution < 1.29 is 10.0 Å². The number of hydrogen-bond acceptors (Lipinski definition) is 5. The Morgan fingerprint density at radius 3 is 2.87 bits per heavy atom. The summed E-state index contributed by atoms with van der Waals surface area (Å²) in [6.45, 7) is 0. The number of thioether (sulfide) groups is 1. The molecule has 0 aliphatic carbocycles. The Morgan fingerprint density at radius 1 is 1.30 bits per heavy atom. The second-order valence-electron chi connectivity index (χ2n) is 5.80. The van der Waals surface area contributed by atoms with Crippen LogP contribution in [0.3, 0.4) is 0 Å². The van der Waals surface area contributed by atoms with Crippen molar-refractivity contribution in [1.29, 1.82) is 0 Å². The zero-order chi connectivity index (χ0) is 16.3. The fourth-order valence-corrected chi connectivity index (χ4v) is 5.89. The Bertz CT molecular complexity index is 693. The van der Waals surface area contributed by atoms with E-state index in [0.717, 1.165) is 34.7 Å². The maximum Gasteiger partial charge on any atom is 0.245 e. The summed E-state index contributed by atoms with van der Waals surface area (Å²) in [7, 11) is 0. The number of carbonyl (C=O) groups is 1. The molecule has 0 radical (unpaired) electrons. The van der Waals surface area contributed by atoms with E-state index in [2.05, 4.69) is 12.1 Å². The van der Waals surface area contributed by atoms with Crippen molar-refractivity contribution in [2.75, 3.05) is 11.5 Å². The lowest BCUT2D eigenvalue weighted by atomic mass is 9.94. The number of hydroxylamine groups is 1. The van der Waals surface area contributed by atoms with E-state index < -0.39 is 0 Å².